The number of carbonyl (C=O) groups is 1. The number of carboxylic acid groups (broad SMARTS) is 1. The Labute approximate surface area is 132 Å². The number of hydrogen-bond donors (Lipinski definition) is 2. The Morgan fingerprint density at radius 3 is 2.32 bits per heavy atom. The quantitative estimate of drug-likeness (QED) is 0.825. The van der Waals surface area contributed by atoms with Gasteiger partial charge in [0.05, 0.1) is 5.56 Å². The maximum atomic E-state index is 11.1. The molecule has 0 saturated heterocycles. The number of carboxylic acids is 1. The van der Waals surface area contributed by atoms with Crippen LogP contribution >= 0.6 is 0 Å². The topological polar surface area (TPSA) is 49.3 Å². The first-order valence-corrected chi connectivity index (χ1v) is 7.53. The van der Waals surface area contributed by atoms with Crippen LogP contribution in [0.3, 0.4) is 0 Å². The predicted molar refractivity (Wildman–Crippen MR) is 91.4 cm³/mol. The summed E-state index contributed by atoms with van der Waals surface area (Å²) in [7, 11) is 0. The third-order valence-corrected chi connectivity index (χ3v) is 3.51. The van der Waals surface area contributed by atoms with Crippen LogP contribution in [0.4, 0.5) is 5.69 Å². The van der Waals surface area contributed by atoms with Gasteiger partial charge < -0.3 is 10.4 Å². The van der Waals surface area contributed by atoms with Gasteiger partial charge in [-0.1, -0.05) is 45.0 Å². The lowest BCUT2D eigenvalue weighted by atomic mass is 9.92. The average Bonchev–Trinajstić information content (AvgIpc) is 2.46. The van der Waals surface area contributed by atoms with Gasteiger partial charge in [0, 0.05) is 12.2 Å². The molecule has 116 valence electrons. The van der Waals surface area contributed by atoms with Gasteiger partial charge in [-0.2, -0.15) is 0 Å². The molecule has 2 aromatic carbocycles. The lowest BCUT2D eigenvalue weighted by Crippen LogP contribution is -2.12. The van der Waals surface area contributed by atoms with E-state index < -0.39 is 5.97 Å². The summed E-state index contributed by atoms with van der Waals surface area (Å²) >= 11 is 0. The van der Waals surface area contributed by atoms with Gasteiger partial charge in [0.2, 0.25) is 0 Å². The molecule has 0 heterocycles. The Bertz CT molecular complexity index is 656. The maximum absolute atomic E-state index is 11.1. The van der Waals surface area contributed by atoms with E-state index in [4.69, 9.17) is 5.11 Å². The first-order chi connectivity index (χ1) is 10.3. The Balaban J connectivity index is 2.14. The van der Waals surface area contributed by atoms with Crippen molar-refractivity contribution in [2.75, 3.05) is 11.9 Å². The Hall–Kier alpha value is -2.29. The molecular weight excluding hydrogens is 274 g/mol. The van der Waals surface area contributed by atoms with E-state index in [0.29, 0.717) is 11.0 Å². The van der Waals surface area contributed by atoms with Gasteiger partial charge in [0.15, 0.2) is 0 Å². The largest absolute Gasteiger partial charge is 0.478 e. The molecule has 3 nitrogen and oxygen atoms in total. The van der Waals surface area contributed by atoms with Gasteiger partial charge in [0.1, 0.15) is 0 Å². The summed E-state index contributed by atoms with van der Waals surface area (Å²) < 4.78 is 0. The highest BCUT2D eigenvalue weighted by atomic mass is 16.4. The van der Waals surface area contributed by atoms with Gasteiger partial charge >= 0.3 is 5.97 Å². The molecule has 0 bridgehead atoms. The molecule has 2 rings (SSSR count). The molecule has 0 aliphatic rings. The Morgan fingerprint density at radius 2 is 1.68 bits per heavy atom. The SMILES string of the molecule is CC(C)(C)CCNc1cccc(-c2cccc(C(=O)O)c2)c1. The summed E-state index contributed by atoms with van der Waals surface area (Å²) in [6.07, 6.45) is 1.09. The van der Waals surface area contributed by atoms with E-state index in [0.717, 1.165) is 29.8 Å². The van der Waals surface area contributed by atoms with E-state index >= 15 is 0 Å². The normalized spacial score (nSPS) is 11.2. The van der Waals surface area contributed by atoms with Crippen molar-refractivity contribution in [3.8, 4) is 11.1 Å². The number of nitrogens with one attached hydrogen (secondary N) is 1. The van der Waals surface area contributed by atoms with Crippen molar-refractivity contribution in [3.63, 3.8) is 0 Å². The van der Waals surface area contributed by atoms with E-state index in [2.05, 4.69) is 32.2 Å². The highest BCUT2D eigenvalue weighted by Gasteiger charge is 2.09. The highest BCUT2D eigenvalue weighted by Crippen LogP contribution is 2.24. The molecule has 0 spiro atoms. The minimum absolute atomic E-state index is 0.306. The fourth-order valence-electron chi connectivity index (χ4n) is 2.22. The number of benzene rings is 2. The van der Waals surface area contributed by atoms with Crippen LogP contribution in [0.25, 0.3) is 11.1 Å². The van der Waals surface area contributed by atoms with Crippen molar-refractivity contribution in [3.05, 3.63) is 54.1 Å². The monoisotopic (exact) mass is 297 g/mol. The van der Waals surface area contributed by atoms with Gasteiger partial charge in [-0.25, -0.2) is 4.79 Å². The van der Waals surface area contributed by atoms with Crippen LogP contribution in [-0.4, -0.2) is 17.6 Å². The molecule has 22 heavy (non-hydrogen) atoms. The first-order valence-electron chi connectivity index (χ1n) is 7.53. The zero-order valence-electron chi connectivity index (χ0n) is 13.4. The van der Waals surface area contributed by atoms with Gasteiger partial charge in [-0.05, 0) is 47.2 Å². The van der Waals surface area contributed by atoms with Crippen molar-refractivity contribution >= 4 is 11.7 Å². The summed E-state index contributed by atoms with van der Waals surface area (Å²) in [6.45, 7) is 7.59. The molecular formula is C19H23NO2. The van der Waals surface area contributed by atoms with Crippen LogP contribution in [0.15, 0.2) is 48.5 Å². The molecule has 0 aliphatic heterocycles. The maximum Gasteiger partial charge on any atom is 0.335 e. The lowest BCUT2D eigenvalue weighted by Gasteiger charge is -2.18. The van der Waals surface area contributed by atoms with Crippen LogP contribution in [0.5, 0.6) is 0 Å². The molecule has 0 aliphatic carbocycles. The molecule has 0 amide bonds. The van der Waals surface area contributed by atoms with E-state index in [-0.39, 0.29) is 0 Å². The fourth-order valence-corrected chi connectivity index (χ4v) is 2.22. The highest BCUT2D eigenvalue weighted by molar-refractivity contribution is 5.89. The second-order valence-corrected chi connectivity index (χ2v) is 6.70. The van der Waals surface area contributed by atoms with Crippen molar-refractivity contribution < 1.29 is 9.90 Å². The third kappa shape index (κ3) is 4.62. The van der Waals surface area contributed by atoms with E-state index in [9.17, 15) is 4.79 Å². The summed E-state index contributed by atoms with van der Waals surface area (Å²) in [5.41, 5.74) is 3.61. The predicted octanol–water partition coefficient (Wildman–Crippen LogP) is 4.90. The van der Waals surface area contributed by atoms with Crippen LogP contribution in [0.1, 0.15) is 37.6 Å². The summed E-state index contributed by atoms with van der Waals surface area (Å²) in [4.78, 5) is 11.1. The van der Waals surface area contributed by atoms with Crippen molar-refractivity contribution in [1.29, 1.82) is 0 Å². The van der Waals surface area contributed by atoms with Crippen LogP contribution in [-0.2, 0) is 0 Å². The third-order valence-electron chi connectivity index (χ3n) is 3.51. The second kappa shape index (κ2) is 6.65. The molecule has 2 N–H and O–H groups in total. The number of rotatable bonds is 5. The molecule has 2 aromatic rings. The van der Waals surface area contributed by atoms with Crippen molar-refractivity contribution in [1.82, 2.24) is 0 Å². The zero-order valence-corrected chi connectivity index (χ0v) is 13.4. The summed E-state index contributed by atoms with van der Waals surface area (Å²) in [5.74, 6) is -0.902. The molecule has 0 unspecified atom stereocenters. The number of anilines is 1. The fraction of sp³-hybridized carbons (Fsp3) is 0.316. The Morgan fingerprint density at radius 1 is 1.05 bits per heavy atom. The number of aromatic carboxylic acids is 1. The van der Waals surface area contributed by atoms with E-state index in [1.165, 1.54) is 0 Å². The molecule has 0 atom stereocenters. The molecule has 0 aromatic heterocycles. The van der Waals surface area contributed by atoms with Crippen molar-refractivity contribution in [2.45, 2.75) is 27.2 Å². The summed E-state index contributed by atoms with van der Waals surface area (Å²) in [5, 5.41) is 12.5. The van der Waals surface area contributed by atoms with Gasteiger partial charge in [-0.3, -0.25) is 0 Å². The molecule has 0 saturated carbocycles. The minimum atomic E-state index is -0.902. The molecule has 0 radical (unpaired) electrons. The van der Waals surface area contributed by atoms with E-state index in [1.54, 1.807) is 18.2 Å². The van der Waals surface area contributed by atoms with Crippen LogP contribution < -0.4 is 5.32 Å². The van der Waals surface area contributed by atoms with Crippen LogP contribution in [0.2, 0.25) is 0 Å². The zero-order chi connectivity index (χ0) is 16.2. The smallest absolute Gasteiger partial charge is 0.335 e. The standard InChI is InChI=1S/C19H23NO2/c1-19(2,3)10-11-20-17-9-5-7-15(13-17)14-6-4-8-16(12-14)18(21)22/h4-9,12-13,20H,10-11H2,1-3H3,(H,21,22). The second-order valence-electron chi connectivity index (χ2n) is 6.70. The lowest BCUT2D eigenvalue weighted by molar-refractivity contribution is 0.0697. The number of hydrogen-bond acceptors (Lipinski definition) is 2. The van der Waals surface area contributed by atoms with Crippen molar-refractivity contribution in [2.24, 2.45) is 5.41 Å². The molecule has 0 fully saturated rings. The van der Waals surface area contributed by atoms with Gasteiger partial charge in [-0.15, -0.1) is 0 Å². The average molecular weight is 297 g/mol. The summed E-state index contributed by atoms with van der Waals surface area (Å²) in [6, 6.07) is 15.1. The minimum Gasteiger partial charge on any atom is -0.478 e. The van der Waals surface area contributed by atoms with Gasteiger partial charge in [0.25, 0.3) is 0 Å². The van der Waals surface area contributed by atoms with Crippen LogP contribution in [0, 0.1) is 5.41 Å². The molecule has 3 heteroatoms. The van der Waals surface area contributed by atoms with E-state index in [1.807, 2.05) is 24.3 Å². The Kier molecular flexibility index (Phi) is 4.86. The first kappa shape index (κ1) is 16.1.